The molecule has 0 atom stereocenters. The van der Waals surface area contributed by atoms with E-state index < -0.39 is 0 Å². The normalized spacial score (nSPS) is 10.8. The summed E-state index contributed by atoms with van der Waals surface area (Å²) in [6.45, 7) is 8.22. The largest absolute Gasteiger partial charge is 0.461 e. The predicted octanol–water partition coefficient (Wildman–Crippen LogP) is 3.21. The van der Waals surface area contributed by atoms with Crippen molar-refractivity contribution in [2.24, 2.45) is 0 Å². The molecule has 0 amide bonds. The lowest BCUT2D eigenvalue weighted by Crippen LogP contribution is -2.12. The molecule has 2 rings (SSSR count). The van der Waals surface area contributed by atoms with Gasteiger partial charge in [0.2, 0.25) is 5.95 Å². The second-order valence-corrected chi connectivity index (χ2v) is 4.98. The molecule has 0 aliphatic rings. The molecule has 0 aliphatic heterocycles. The molecule has 1 N–H and O–H groups in total. The predicted molar refractivity (Wildman–Crippen MR) is 79.9 cm³/mol. The maximum absolute atomic E-state index is 13.6. The van der Waals surface area contributed by atoms with Crippen LogP contribution in [0.15, 0.2) is 18.2 Å². The monoisotopic (exact) mass is 290 g/mol. The summed E-state index contributed by atoms with van der Waals surface area (Å²) in [7, 11) is 0. The Morgan fingerprint density at radius 3 is 2.57 bits per heavy atom. The van der Waals surface area contributed by atoms with Gasteiger partial charge >= 0.3 is 6.01 Å². The van der Waals surface area contributed by atoms with Crippen molar-refractivity contribution >= 4 is 5.95 Å². The molecule has 1 heterocycles. The van der Waals surface area contributed by atoms with Crippen molar-refractivity contribution < 1.29 is 9.13 Å². The Bertz CT molecular complexity index is 611. The lowest BCUT2D eigenvalue weighted by atomic mass is 10.1. The number of halogens is 1. The highest BCUT2D eigenvalue weighted by atomic mass is 19.1. The first kappa shape index (κ1) is 15.2. The average molecular weight is 290 g/mol. The Hall–Kier alpha value is -2.24. The van der Waals surface area contributed by atoms with Gasteiger partial charge in [-0.2, -0.15) is 15.0 Å². The zero-order valence-electron chi connectivity index (χ0n) is 12.6. The summed E-state index contributed by atoms with van der Waals surface area (Å²) in [5.74, 6) is 0.487. The Kier molecular flexibility index (Phi) is 4.67. The van der Waals surface area contributed by atoms with Crippen LogP contribution in [0.4, 0.5) is 10.3 Å². The van der Waals surface area contributed by atoms with E-state index in [0.717, 1.165) is 5.56 Å². The van der Waals surface area contributed by atoms with Crippen LogP contribution in [0.25, 0.3) is 11.4 Å². The van der Waals surface area contributed by atoms with Crippen LogP contribution in [0, 0.1) is 12.7 Å². The molecule has 1 aromatic heterocycles. The van der Waals surface area contributed by atoms with E-state index in [-0.39, 0.29) is 17.9 Å². The van der Waals surface area contributed by atoms with Crippen LogP contribution in [-0.2, 0) is 0 Å². The molecule has 2 aromatic rings. The molecule has 0 fully saturated rings. The highest BCUT2D eigenvalue weighted by Gasteiger charge is 2.11. The smallest absolute Gasteiger partial charge is 0.322 e. The van der Waals surface area contributed by atoms with Crippen molar-refractivity contribution in [3.05, 3.63) is 29.6 Å². The number of nitrogens with zero attached hydrogens (tertiary/aromatic N) is 3. The molecule has 0 aliphatic carbocycles. The molecule has 112 valence electrons. The van der Waals surface area contributed by atoms with Gasteiger partial charge in [-0.1, -0.05) is 0 Å². The van der Waals surface area contributed by atoms with Gasteiger partial charge in [0.25, 0.3) is 0 Å². The van der Waals surface area contributed by atoms with E-state index in [1.54, 1.807) is 0 Å². The molecular formula is C15H19FN4O. The fourth-order valence-corrected chi connectivity index (χ4v) is 1.85. The van der Waals surface area contributed by atoms with E-state index in [4.69, 9.17) is 4.74 Å². The minimum Gasteiger partial charge on any atom is -0.461 e. The van der Waals surface area contributed by atoms with E-state index in [9.17, 15) is 4.39 Å². The van der Waals surface area contributed by atoms with Gasteiger partial charge in [-0.25, -0.2) is 4.39 Å². The first-order valence-electron chi connectivity index (χ1n) is 6.92. The minimum absolute atomic E-state index is 0.0519. The Morgan fingerprint density at radius 2 is 1.95 bits per heavy atom. The van der Waals surface area contributed by atoms with Gasteiger partial charge in [-0.3, -0.25) is 0 Å². The van der Waals surface area contributed by atoms with Crippen molar-refractivity contribution in [1.82, 2.24) is 15.0 Å². The number of aromatic nitrogens is 3. The van der Waals surface area contributed by atoms with Crippen molar-refractivity contribution in [2.75, 3.05) is 11.9 Å². The van der Waals surface area contributed by atoms with Crippen LogP contribution < -0.4 is 10.1 Å². The number of rotatable bonds is 5. The van der Waals surface area contributed by atoms with Gasteiger partial charge in [0.05, 0.1) is 6.10 Å². The number of nitrogens with one attached hydrogen (secondary N) is 1. The van der Waals surface area contributed by atoms with E-state index in [1.807, 2.05) is 33.8 Å². The molecule has 0 bridgehead atoms. The van der Waals surface area contributed by atoms with Crippen LogP contribution in [0.3, 0.4) is 0 Å². The van der Waals surface area contributed by atoms with Gasteiger partial charge in [-0.05, 0) is 51.5 Å². The van der Waals surface area contributed by atoms with Crippen LogP contribution >= 0.6 is 0 Å². The molecule has 5 nitrogen and oxygen atoms in total. The van der Waals surface area contributed by atoms with E-state index in [2.05, 4.69) is 20.3 Å². The van der Waals surface area contributed by atoms with E-state index in [0.29, 0.717) is 23.9 Å². The average Bonchev–Trinajstić information content (AvgIpc) is 2.36. The Labute approximate surface area is 123 Å². The molecule has 0 saturated carbocycles. The maximum atomic E-state index is 13.6. The molecule has 0 unspecified atom stereocenters. The third-order valence-electron chi connectivity index (χ3n) is 2.59. The van der Waals surface area contributed by atoms with Gasteiger partial charge in [0.15, 0.2) is 5.82 Å². The summed E-state index contributed by atoms with van der Waals surface area (Å²) in [6.07, 6.45) is -0.0519. The fraction of sp³-hybridized carbons (Fsp3) is 0.400. The van der Waals surface area contributed by atoms with Crippen LogP contribution in [-0.4, -0.2) is 27.6 Å². The van der Waals surface area contributed by atoms with E-state index in [1.165, 1.54) is 12.1 Å². The van der Waals surface area contributed by atoms with Gasteiger partial charge in [0, 0.05) is 12.1 Å². The number of hydrogen-bond donors (Lipinski definition) is 1. The summed E-state index contributed by atoms with van der Waals surface area (Å²) in [5, 5.41) is 3.02. The summed E-state index contributed by atoms with van der Waals surface area (Å²) in [6, 6.07) is 4.92. The molecule has 6 heteroatoms. The molecule has 21 heavy (non-hydrogen) atoms. The topological polar surface area (TPSA) is 59.9 Å². The lowest BCUT2D eigenvalue weighted by Gasteiger charge is -2.11. The number of ether oxygens (including phenoxy) is 1. The maximum Gasteiger partial charge on any atom is 0.322 e. The van der Waals surface area contributed by atoms with Crippen molar-refractivity contribution in [3.8, 4) is 17.4 Å². The van der Waals surface area contributed by atoms with Crippen LogP contribution in [0.1, 0.15) is 26.3 Å². The molecule has 0 radical (unpaired) electrons. The molecule has 1 aromatic carbocycles. The summed E-state index contributed by atoms with van der Waals surface area (Å²) in [5.41, 5.74) is 1.41. The van der Waals surface area contributed by atoms with E-state index >= 15 is 0 Å². The first-order chi connectivity index (χ1) is 9.97. The summed E-state index contributed by atoms with van der Waals surface area (Å²) < 4.78 is 19.1. The zero-order chi connectivity index (χ0) is 15.4. The highest BCUT2D eigenvalue weighted by molar-refractivity contribution is 5.57. The quantitative estimate of drug-likeness (QED) is 0.916. The van der Waals surface area contributed by atoms with Gasteiger partial charge in [0.1, 0.15) is 5.82 Å². The van der Waals surface area contributed by atoms with Crippen LogP contribution in [0.2, 0.25) is 0 Å². The van der Waals surface area contributed by atoms with Gasteiger partial charge < -0.3 is 10.1 Å². The second kappa shape index (κ2) is 6.47. The minimum atomic E-state index is -0.318. The molecule has 0 spiro atoms. The zero-order valence-corrected chi connectivity index (χ0v) is 12.6. The number of benzene rings is 1. The molecular weight excluding hydrogens is 271 g/mol. The summed E-state index contributed by atoms with van der Waals surface area (Å²) in [4.78, 5) is 12.7. The lowest BCUT2D eigenvalue weighted by molar-refractivity contribution is 0.222. The van der Waals surface area contributed by atoms with Crippen molar-refractivity contribution in [2.45, 2.75) is 33.8 Å². The third-order valence-corrected chi connectivity index (χ3v) is 2.59. The van der Waals surface area contributed by atoms with Gasteiger partial charge in [-0.15, -0.1) is 0 Å². The SMILES string of the molecule is CCNc1nc(OC(C)C)nc(-c2cc(C)cc(F)c2)n1. The number of anilines is 1. The Morgan fingerprint density at radius 1 is 1.19 bits per heavy atom. The summed E-state index contributed by atoms with van der Waals surface area (Å²) >= 11 is 0. The third kappa shape index (κ3) is 4.11. The fourth-order valence-electron chi connectivity index (χ4n) is 1.85. The first-order valence-corrected chi connectivity index (χ1v) is 6.92. The highest BCUT2D eigenvalue weighted by Crippen LogP contribution is 2.21. The molecule has 0 saturated heterocycles. The van der Waals surface area contributed by atoms with Crippen LogP contribution in [0.5, 0.6) is 6.01 Å². The standard InChI is InChI=1S/C15H19FN4O/c1-5-17-14-18-13(19-15(20-14)21-9(2)3)11-6-10(4)7-12(16)8-11/h6-9H,5H2,1-4H3,(H,17,18,19,20). The number of hydrogen-bond acceptors (Lipinski definition) is 5. The second-order valence-electron chi connectivity index (χ2n) is 4.98. The number of aryl methyl sites for hydroxylation is 1. The Balaban J connectivity index is 2.47. The van der Waals surface area contributed by atoms with Crippen molar-refractivity contribution in [3.63, 3.8) is 0 Å². The van der Waals surface area contributed by atoms with Crippen molar-refractivity contribution in [1.29, 1.82) is 0 Å².